The zero-order valence-corrected chi connectivity index (χ0v) is 18.4. The van der Waals surface area contributed by atoms with Gasteiger partial charge in [0.25, 0.3) is 0 Å². The minimum atomic E-state index is -0.167. The summed E-state index contributed by atoms with van der Waals surface area (Å²) >= 11 is 0. The Morgan fingerprint density at radius 3 is 0.850 bits per heavy atom. The second-order valence-corrected chi connectivity index (χ2v) is 4.36. The minimum Gasteiger partial charge on any atom is -0.394 e. The van der Waals surface area contributed by atoms with Gasteiger partial charge in [-0.3, -0.25) is 0 Å². The molecule has 0 spiro atoms. The summed E-state index contributed by atoms with van der Waals surface area (Å²) in [5, 5.41) is 24.2. The van der Waals surface area contributed by atoms with E-state index in [1.165, 1.54) is 0 Å². The van der Waals surface area contributed by atoms with Gasteiger partial charge in [-0.05, 0) is 41.5 Å². The summed E-state index contributed by atoms with van der Waals surface area (Å²) < 4.78 is 0. The first-order chi connectivity index (χ1) is 8.20. The third-order valence-electron chi connectivity index (χ3n) is 0.607. The van der Waals surface area contributed by atoms with E-state index in [2.05, 4.69) is 6.07 Å². The molecule has 3 nitrogen and oxygen atoms in total. The third kappa shape index (κ3) is 128. The van der Waals surface area contributed by atoms with Crippen molar-refractivity contribution < 1.29 is 67.7 Å². The van der Waals surface area contributed by atoms with E-state index in [0.717, 1.165) is 0 Å². The van der Waals surface area contributed by atoms with Crippen LogP contribution in [0.15, 0.2) is 30.3 Å². The average molecular weight is 440 g/mol. The standard InChI is InChI=1S/C6H5.3C3H8O.2Zr/c1-2-4-6-5-3-1;3*1-3(2)4;;/h1-5H;3*3-4H,1-2H3;;/q-1;;;;;. The molecule has 0 atom stereocenters. The molecule has 0 aliphatic carbocycles. The van der Waals surface area contributed by atoms with Gasteiger partial charge in [-0.15, -0.1) is 0 Å². The summed E-state index contributed by atoms with van der Waals surface area (Å²) in [6, 6.07) is 12.5. The second-order valence-electron chi connectivity index (χ2n) is 4.36. The average Bonchev–Trinajstić information content (AvgIpc) is 2.17. The first-order valence-electron chi connectivity index (χ1n) is 6.15. The van der Waals surface area contributed by atoms with Crippen molar-refractivity contribution in [3.8, 4) is 0 Å². The molecule has 116 valence electrons. The molecule has 0 bridgehead atoms. The molecule has 3 N–H and O–H groups in total. The summed E-state index contributed by atoms with van der Waals surface area (Å²) in [4.78, 5) is 0. The molecule has 1 aromatic rings. The number of hydrogen-bond donors (Lipinski definition) is 3. The Morgan fingerprint density at radius 1 is 0.600 bits per heavy atom. The quantitative estimate of drug-likeness (QED) is 0.545. The summed E-state index contributed by atoms with van der Waals surface area (Å²) in [5.41, 5.74) is 0. The summed E-state index contributed by atoms with van der Waals surface area (Å²) in [6.07, 6.45) is -0.500. The molecule has 5 heteroatoms. The monoisotopic (exact) mass is 437 g/mol. The fraction of sp³-hybridized carbons (Fsp3) is 0.600. The molecule has 0 saturated heterocycles. The van der Waals surface area contributed by atoms with E-state index in [0.29, 0.717) is 0 Å². The topological polar surface area (TPSA) is 60.7 Å². The smallest absolute Gasteiger partial charge is 0.0483 e. The molecule has 0 aliphatic heterocycles. The van der Waals surface area contributed by atoms with Gasteiger partial charge in [-0.1, -0.05) is 0 Å². The number of aliphatic hydroxyl groups excluding tert-OH is 3. The van der Waals surface area contributed by atoms with Crippen LogP contribution in [0.5, 0.6) is 0 Å². The van der Waals surface area contributed by atoms with Crippen LogP contribution in [-0.4, -0.2) is 33.6 Å². The molecule has 0 unspecified atom stereocenters. The Balaban J connectivity index is -0.0000000496. The summed E-state index contributed by atoms with van der Waals surface area (Å²) in [5.74, 6) is 0. The number of rotatable bonds is 0. The number of benzene rings is 1. The first kappa shape index (κ1) is 32.7. The van der Waals surface area contributed by atoms with Crippen molar-refractivity contribution in [1.29, 1.82) is 0 Å². The predicted octanol–water partition coefficient (Wildman–Crippen LogP) is 2.64. The van der Waals surface area contributed by atoms with Crippen molar-refractivity contribution in [2.45, 2.75) is 59.9 Å². The first-order valence-corrected chi connectivity index (χ1v) is 6.15. The van der Waals surface area contributed by atoms with E-state index in [9.17, 15) is 0 Å². The molecule has 1 aromatic carbocycles. The predicted molar refractivity (Wildman–Crippen MR) is 77.3 cm³/mol. The minimum absolute atomic E-state index is 0. The zero-order chi connectivity index (χ0) is 15.0. The largest absolute Gasteiger partial charge is 0.394 e. The number of aliphatic hydroxyl groups is 3. The molecule has 20 heavy (non-hydrogen) atoms. The molecular formula is C15H29O3Zr2-. The fourth-order valence-corrected chi connectivity index (χ4v) is 0.342. The van der Waals surface area contributed by atoms with Crippen molar-refractivity contribution >= 4 is 0 Å². The third-order valence-corrected chi connectivity index (χ3v) is 0.607. The van der Waals surface area contributed by atoms with Crippen LogP contribution >= 0.6 is 0 Å². The van der Waals surface area contributed by atoms with Crippen LogP contribution in [0.4, 0.5) is 0 Å². The van der Waals surface area contributed by atoms with Gasteiger partial charge in [0.2, 0.25) is 0 Å². The van der Waals surface area contributed by atoms with Crippen LogP contribution in [0.3, 0.4) is 0 Å². The Morgan fingerprint density at radius 2 is 0.800 bits per heavy atom. The van der Waals surface area contributed by atoms with E-state index in [1.54, 1.807) is 41.5 Å². The molecule has 0 heterocycles. The van der Waals surface area contributed by atoms with Gasteiger partial charge in [-0.2, -0.15) is 36.4 Å². The van der Waals surface area contributed by atoms with Crippen LogP contribution in [0.1, 0.15) is 41.5 Å². The molecule has 0 saturated carbocycles. The van der Waals surface area contributed by atoms with Gasteiger partial charge in [0.05, 0.1) is 0 Å². The van der Waals surface area contributed by atoms with Gasteiger partial charge in [0.1, 0.15) is 0 Å². The fourth-order valence-electron chi connectivity index (χ4n) is 0.342. The molecule has 0 amide bonds. The maximum atomic E-state index is 8.06. The Kier molecular flexibility index (Phi) is 45.9. The molecule has 1 rings (SSSR count). The number of hydrogen-bond acceptors (Lipinski definition) is 3. The Bertz CT molecular complexity index is 168. The van der Waals surface area contributed by atoms with Crippen molar-refractivity contribution in [3.05, 3.63) is 36.4 Å². The maximum Gasteiger partial charge on any atom is 0.0483 e. The maximum absolute atomic E-state index is 8.06. The van der Waals surface area contributed by atoms with Gasteiger partial charge in [-0.25, -0.2) is 0 Å². The van der Waals surface area contributed by atoms with Crippen molar-refractivity contribution in [1.82, 2.24) is 0 Å². The molecule has 0 aromatic heterocycles. The van der Waals surface area contributed by atoms with Crippen LogP contribution in [0, 0.1) is 6.07 Å². The van der Waals surface area contributed by atoms with Crippen LogP contribution in [0.25, 0.3) is 0 Å². The summed E-state index contributed by atoms with van der Waals surface area (Å²) in [6.45, 7) is 10.3. The Labute approximate surface area is 163 Å². The van der Waals surface area contributed by atoms with Crippen LogP contribution in [0.2, 0.25) is 0 Å². The van der Waals surface area contributed by atoms with Crippen molar-refractivity contribution in [2.24, 2.45) is 0 Å². The molecular weight excluding hydrogens is 411 g/mol. The van der Waals surface area contributed by atoms with Crippen molar-refractivity contribution in [3.63, 3.8) is 0 Å². The van der Waals surface area contributed by atoms with Gasteiger partial charge in [0, 0.05) is 70.7 Å². The van der Waals surface area contributed by atoms with E-state index in [4.69, 9.17) is 15.3 Å². The van der Waals surface area contributed by atoms with Gasteiger partial charge in [0.15, 0.2) is 0 Å². The summed E-state index contributed by atoms with van der Waals surface area (Å²) in [7, 11) is 0. The molecule has 0 radical (unpaired) electrons. The molecule has 0 fully saturated rings. The van der Waals surface area contributed by atoms with Crippen LogP contribution in [-0.2, 0) is 52.4 Å². The van der Waals surface area contributed by atoms with E-state index >= 15 is 0 Å². The van der Waals surface area contributed by atoms with Gasteiger partial charge < -0.3 is 15.3 Å². The SMILES string of the molecule is CC(C)O.CC(C)O.CC(C)O.[Zr].[Zr].[c-]1ccccc1. The van der Waals surface area contributed by atoms with E-state index in [-0.39, 0.29) is 70.7 Å². The normalized spacial score (nSPS) is 7.80. The van der Waals surface area contributed by atoms with E-state index in [1.807, 2.05) is 30.3 Å². The van der Waals surface area contributed by atoms with Crippen molar-refractivity contribution in [2.75, 3.05) is 0 Å². The molecule has 0 aliphatic rings. The van der Waals surface area contributed by atoms with E-state index < -0.39 is 0 Å². The second kappa shape index (κ2) is 28.1. The Hall–Kier alpha value is 0.866. The van der Waals surface area contributed by atoms with Crippen LogP contribution < -0.4 is 0 Å². The van der Waals surface area contributed by atoms with Gasteiger partial charge >= 0.3 is 0 Å². The zero-order valence-electron chi connectivity index (χ0n) is 13.5.